The highest BCUT2D eigenvalue weighted by Crippen LogP contribution is 2.26. The molecule has 0 aliphatic carbocycles. The van der Waals surface area contributed by atoms with Crippen molar-refractivity contribution < 1.29 is 4.79 Å². The van der Waals surface area contributed by atoms with Crippen LogP contribution in [0, 0.1) is 13.8 Å². The predicted octanol–water partition coefficient (Wildman–Crippen LogP) is 4.11. The Morgan fingerprint density at radius 1 is 1.00 bits per heavy atom. The van der Waals surface area contributed by atoms with Crippen molar-refractivity contribution in [2.75, 3.05) is 6.54 Å². The van der Waals surface area contributed by atoms with Gasteiger partial charge >= 0.3 is 0 Å². The third-order valence-corrected chi connectivity index (χ3v) is 6.00. The van der Waals surface area contributed by atoms with E-state index in [0.717, 1.165) is 29.6 Å². The van der Waals surface area contributed by atoms with E-state index in [4.69, 9.17) is 0 Å². The summed E-state index contributed by atoms with van der Waals surface area (Å²) in [5.41, 5.74) is 3.45. The van der Waals surface area contributed by atoms with E-state index in [-0.39, 0.29) is 11.5 Å². The molecular formula is C26H28N4O2. The van der Waals surface area contributed by atoms with Crippen molar-refractivity contribution in [3.05, 3.63) is 94.2 Å². The van der Waals surface area contributed by atoms with E-state index < -0.39 is 6.04 Å². The normalized spacial score (nSPS) is 12.1. The predicted molar refractivity (Wildman–Crippen MR) is 127 cm³/mol. The summed E-state index contributed by atoms with van der Waals surface area (Å²) in [6, 6.07) is 19.2. The fourth-order valence-corrected chi connectivity index (χ4v) is 4.33. The first-order valence-corrected chi connectivity index (χ1v) is 11.0. The first kappa shape index (κ1) is 21.6. The molecule has 1 N–H and O–H groups in total. The molecule has 0 unspecified atom stereocenters. The van der Waals surface area contributed by atoms with E-state index >= 15 is 0 Å². The van der Waals surface area contributed by atoms with Crippen LogP contribution < -0.4 is 10.9 Å². The van der Waals surface area contributed by atoms with E-state index in [1.165, 1.54) is 10.2 Å². The Balaban J connectivity index is 1.55. The average Bonchev–Trinajstić information content (AvgIpc) is 3.08. The Hall–Kier alpha value is -3.67. The maximum absolute atomic E-state index is 13.2. The molecule has 32 heavy (non-hydrogen) atoms. The summed E-state index contributed by atoms with van der Waals surface area (Å²) >= 11 is 0. The van der Waals surface area contributed by atoms with Crippen LogP contribution in [0.25, 0.3) is 16.5 Å². The van der Waals surface area contributed by atoms with Gasteiger partial charge in [-0.1, -0.05) is 48.5 Å². The van der Waals surface area contributed by atoms with E-state index in [9.17, 15) is 9.59 Å². The average molecular weight is 429 g/mol. The lowest BCUT2D eigenvalue weighted by molar-refractivity contribution is -0.123. The number of amides is 1. The molecule has 6 nitrogen and oxygen atoms in total. The Labute approximate surface area is 187 Å². The van der Waals surface area contributed by atoms with Gasteiger partial charge < -0.3 is 9.88 Å². The van der Waals surface area contributed by atoms with Gasteiger partial charge in [0.2, 0.25) is 5.91 Å². The second-order valence-electron chi connectivity index (χ2n) is 8.08. The van der Waals surface area contributed by atoms with Gasteiger partial charge in [0.15, 0.2) is 0 Å². The highest BCUT2D eigenvalue weighted by atomic mass is 16.2. The van der Waals surface area contributed by atoms with Crippen LogP contribution >= 0.6 is 0 Å². The molecule has 0 aliphatic heterocycles. The third-order valence-electron chi connectivity index (χ3n) is 6.00. The number of nitrogens with one attached hydrogen (secondary N) is 1. The number of carbonyl (C=O) groups excluding carboxylic acids is 1. The lowest BCUT2D eigenvalue weighted by Gasteiger charge is -2.18. The summed E-state index contributed by atoms with van der Waals surface area (Å²) in [6.07, 6.45) is 3.51. The lowest BCUT2D eigenvalue weighted by Crippen LogP contribution is -2.32. The van der Waals surface area contributed by atoms with Gasteiger partial charge in [0.25, 0.3) is 5.56 Å². The molecule has 2 aromatic carbocycles. The van der Waals surface area contributed by atoms with Crippen molar-refractivity contribution in [2.24, 2.45) is 0 Å². The highest BCUT2D eigenvalue weighted by Gasteiger charge is 2.23. The molecular weight excluding hydrogens is 400 g/mol. The molecule has 1 atom stereocenters. The van der Waals surface area contributed by atoms with Crippen LogP contribution in [0.3, 0.4) is 0 Å². The van der Waals surface area contributed by atoms with E-state index in [0.29, 0.717) is 17.6 Å². The quantitative estimate of drug-likeness (QED) is 0.450. The number of fused-ring (bicyclic) bond motifs is 1. The molecule has 0 radical (unpaired) electrons. The molecule has 2 heterocycles. The fraction of sp³-hybridized carbons (Fsp3) is 0.269. The van der Waals surface area contributed by atoms with Crippen molar-refractivity contribution in [1.29, 1.82) is 0 Å². The Morgan fingerprint density at radius 3 is 2.34 bits per heavy atom. The first-order valence-electron chi connectivity index (χ1n) is 11.0. The van der Waals surface area contributed by atoms with E-state index in [2.05, 4.69) is 22.5 Å². The Bertz CT molecular complexity index is 1290. The Kier molecular flexibility index (Phi) is 6.21. The number of carbonyl (C=O) groups is 1. The number of aryl methyl sites for hydroxylation is 3. The van der Waals surface area contributed by atoms with Crippen LogP contribution in [0.4, 0.5) is 0 Å². The third kappa shape index (κ3) is 4.08. The van der Waals surface area contributed by atoms with Gasteiger partial charge in [-0.25, -0.2) is 0 Å². The summed E-state index contributed by atoms with van der Waals surface area (Å²) in [7, 11) is 0. The van der Waals surface area contributed by atoms with Gasteiger partial charge in [-0.15, -0.1) is 0 Å². The summed E-state index contributed by atoms with van der Waals surface area (Å²) in [5, 5.41) is 8.80. The second-order valence-corrected chi connectivity index (χ2v) is 8.08. The minimum absolute atomic E-state index is 0.0547. The maximum Gasteiger partial charge on any atom is 0.281 e. The van der Waals surface area contributed by atoms with Crippen LogP contribution in [-0.2, 0) is 11.2 Å². The van der Waals surface area contributed by atoms with Crippen LogP contribution in [0.2, 0.25) is 0 Å². The smallest absolute Gasteiger partial charge is 0.281 e. The molecule has 0 spiro atoms. The molecule has 6 heteroatoms. The first-order chi connectivity index (χ1) is 15.5. The van der Waals surface area contributed by atoms with E-state index in [1.807, 2.05) is 73.9 Å². The van der Waals surface area contributed by atoms with Crippen molar-refractivity contribution in [3.63, 3.8) is 0 Å². The van der Waals surface area contributed by atoms with Crippen LogP contribution in [0.15, 0.2) is 71.7 Å². The zero-order valence-corrected chi connectivity index (χ0v) is 18.7. The van der Waals surface area contributed by atoms with Crippen LogP contribution in [0.1, 0.15) is 36.3 Å². The number of para-hydroxylation sites is 1. The zero-order chi connectivity index (χ0) is 22.7. The number of aromatic nitrogens is 3. The second kappa shape index (κ2) is 9.22. The minimum Gasteiger partial charge on any atom is -0.354 e. The lowest BCUT2D eigenvalue weighted by atomic mass is 10.1. The number of hydrogen-bond acceptors (Lipinski definition) is 3. The van der Waals surface area contributed by atoms with E-state index in [1.54, 1.807) is 6.20 Å². The summed E-state index contributed by atoms with van der Waals surface area (Å²) in [4.78, 5) is 26.1. The van der Waals surface area contributed by atoms with Crippen molar-refractivity contribution in [3.8, 4) is 5.69 Å². The number of nitrogens with zero attached hydrogens (tertiary/aromatic N) is 3. The van der Waals surface area contributed by atoms with Gasteiger partial charge in [0.05, 0.1) is 17.3 Å². The van der Waals surface area contributed by atoms with Gasteiger partial charge in [0.1, 0.15) is 6.04 Å². The monoisotopic (exact) mass is 428 g/mol. The number of rotatable bonds is 7. The molecule has 164 valence electrons. The van der Waals surface area contributed by atoms with Crippen molar-refractivity contribution in [2.45, 2.75) is 39.7 Å². The molecule has 0 saturated carbocycles. The van der Waals surface area contributed by atoms with Crippen molar-refractivity contribution in [1.82, 2.24) is 19.7 Å². The maximum atomic E-state index is 13.2. The molecule has 0 fully saturated rings. The summed E-state index contributed by atoms with van der Waals surface area (Å²) < 4.78 is 3.35. The van der Waals surface area contributed by atoms with Crippen LogP contribution in [-0.4, -0.2) is 26.8 Å². The molecule has 4 aromatic rings. The van der Waals surface area contributed by atoms with Gasteiger partial charge in [-0.05, 0) is 51.3 Å². The molecule has 0 saturated heterocycles. The SMILES string of the molecule is Cc1c2cnn(-c3ccccc3)c(=O)c2c(C)n1[C@@H](C)C(=O)NCCCc1ccccc1. The minimum atomic E-state index is -0.427. The Morgan fingerprint density at radius 2 is 1.66 bits per heavy atom. The molecule has 0 bridgehead atoms. The van der Waals surface area contributed by atoms with Crippen molar-refractivity contribution >= 4 is 16.7 Å². The standard InChI is InChI=1S/C26H28N4O2/c1-18-23-17-28-30(22-14-8-5-9-15-22)26(32)24(23)19(2)29(18)20(3)25(31)27-16-10-13-21-11-6-4-7-12-21/h4-9,11-12,14-15,17,20H,10,13,16H2,1-3H3,(H,27,31)/t20-/m0/s1. The molecule has 4 rings (SSSR count). The topological polar surface area (TPSA) is 68.9 Å². The number of benzene rings is 2. The summed E-state index contributed by atoms with van der Waals surface area (Å²) in [6.45, 7) is 6.31. The van der Waals surface area contributed by atoms with Gasteiger partial charge in [0, 0.05) is 23.3 Å². The fourth-order valence-electron chi connectivity index (χ4n) is 4.33. The molecule has 0 aliphatic rings. The number of hydrogen-bond donors (Lipinski definition) is 1. The van der Waals surface area contributed by atoms with Crippen LogP contribution in [0.5, 0.6) is 0 Å². The summed E-state index contributed by atoms with van der Waals surface area (Å²) in [5.74, 6) is -0.0547. The molecule has 1 amide bonds. The largest absolute Gasteiger partial charge is 0.354 e. The van der Waals surface area contributed by atoms with Gasteiger partial charge in [-0.3, -0.25) is 9.59 Å². The zero-order valence-electron chi connectivity index (χ0n) is 18.7. The highest BCUT2D eigenvalue weighted by molar-refractivity contribution is 5.89. The van der Waals surface area contributed by atoms with Gasteiger partial charge in [-0.2, -0.15) is 9.78 Å². The molecule has 2 aromatic heterocycles.